The van der Waals surface area contributed by atoms with E-state index in [9.17, 15) is 4.79 Å². The van der Waals surface area contributed by atoms with Gasteiger partial charge < -0.3 is 4.74 Å². The van der Waals surface area contributed by atoms with Gasteiger partial charge in [0.25, 0.3) is 0 Å². The first-order valence-corrected chi connectivity index (χ1v) is 5.34. The third-order valence-corrected chi connectivity index (χ3v) is 3.37. The Morgan fingerprint density at radius 3 is 2.36 bits per heavy atom. The van der Waals surface area contributed by atoms with Crippen LogP contribution in [-0.4, -0.2) is 18.0 Å². The Morgan fingerprint density at radius 2 is 2.00 bits per heavy atom. The van der Waals surface area contributed by atoms with Crippen LogP contribution in [0.3, 0.4) is 0 Å². The molecule has 2 atom stereocenters. The predicted molar refractivity (Wildman–Crippen MR) is 57.3 cm³/mol. The number of hydrogen-bond acceptors (Lipinski definition) is 2. The zero-order valence-electron chi connectivity index (χ0n) is 9.56. The number of hydrogen-bond donors (Lipinski definition) is 0. The SMILES string of the molecule is COC(=O)C1C(CC(C)(C)Cl)C1(C)C. The molecule has 1 aliphatic carbocycles. The number of halogens is 1. The molecule has 2 nitrogen and oxygen atoms in total. The summed E-state index contributed by atoms with van der Waals surface area (Å²) in [5.41, 5.74) is 0.0548. The monoisotopic (exact) mass is 218 g/mol. The molecule has 3 heteroatoms. The van der Waals surface area contributed by atoms with Crippen molar-refractivity contribution in [2.24, 2.45) is 17.3 Å². The summed E-state index contributed by atoms with van der Waals surface area (Å²) < 4.78 is 4.77. The molecule has 0 aromatic heterocycles. The van der Waals surface area contributed by atoms with Gasteiger partial charge >= 0.3 is 5.97 Å². The molecule has 0 amide bonds. The van der Waals surface area contributed by atoms with Crippen LogP contribution in [0.4, 0.5) is 0 Å². The molecule has 14 heavy (non-hydrogen) atoms. The molecule has 1 aliphatic rings. The summed E-state index contributed by atoms with van der Waals surface area (Å²) in [6, 6.07) is 0. The molecule has 0 aromatic carbocycles. The summed E-state index contributed by atoms with van der Waals surface area (Å²) in [4.78, 5) is 11.2. The van der Waals surface area contributed by atoms with Gasteiger partial charge in [-0.25, -0.2) is 0 Å². The van der Waals surface area contributed by atoms with Crippen molar-refractivity contribution in [1.29, 1.82) is 0 Å². The van der Waals surface area contributed by atoms with E-state index in [4.69, 9.17) is 16.3 Å². The topological polar surface area (TPSA) is 26.3 Å². The molecule has 82 valence electrons. The zero-order chi connectivity index (χ0) is 11.1. The lowest BCUT2D eigenvalue weighted by atomic mass is 10.0. The van der Waals surface area contributed by atoms with Crippen LogP contribution in [0.15, 0.2) is 0 Å². The van der Waals surface area contributed by atoms with Crippen LogP contribution < -0.4 is 0 Å². The summed E-state index contributed by atoms with van der Waals surface area (Å²) in [6.07, 6.45) is 0.862. The second kappa shape index (κ2) is 3.41. The van der Waals surface area contributed by atoms with Gasteiger partial charge in [-0.15, -0.1) is 11.6 Å². The van der Waals surface area contributed by atoms with Gasteiger partial charge in [-0.1, -0.05) is 13.8 Å². The summed E-state index contributed by atoms with van der Waals surface area (Å²) in [7, 11) is 1.44. The Hall–Kier alpha value is -0.240. The second-order valence-electron chi connectivity index (χ2n) is 5.35. The lowest BCUT2D eigenvalue weighted by Crippen LogP contribution is -2.13. The highest BCUT2D eigenvalue weighted by atomic mass is 35.5. The van der Waals surface area contributed by atoms with Crippen molar-refractivity contribution in [3.05, 3.63) is 0 Å². The standard InChI is InChI=1S/C11H19ClO2/c1-10(2,12)6-7-8(9(13)14-5)11(7,3)4/h7-8H,6H2,1-5H3. The highest BCUT2D eigenvalue weighted by Crippen LogP contribution is 2.62. The van der Waals surface area contributed by atoms with Gasteiger partial charge in [-0.2, -0.15) is 0 Å². The normalized spacial score (nSPS) is 29.9. The molecule has 1 fully saturated rings. The molecule has 0 bridgehead atoms. The number of alkyl halides is 1. The number of ether oxygens (including phenoxy) is 1. The quantitative estimate of drug-likeness (QED) is 0.538. The van der Waals surface area contributed by atoms with Crippen molar-refractivity contribution in [1.82, 2.24) is 0 Å². The molecule has 0 spiro atoms. The van der Waals surface area contributed by atoms with E-state index in [1.165, 1.54) is 7.11 Å². The fourth-order valence-electron chi connectivity index (χ4n) is 2.24. The van der Waals surface area contributed by atoms with E-state index in [1.54, 1.807) is 0 Å². The van der Waals surface area contributed by atoms with Crippen LogP contribution in [0.25, 0.3) is 0 Å². The predicted octanol–water partition coefficient (Wildman–Crippen LogP) is 2.84. The van der Waals surface area contributed by atoms with Crippen molar-refractivity contribution < 1.29 is 9.53 Å². The number of rotatable bonds is 3. The number of carbonyl (C=O) groups excluding carboxylic acids is 1. The van der Waals surface area contributed by atoms with E-state index >= 15 is 0 Å². The third-order valence-electron chi connectivity index (χ3n) is 3.21. The molecule has 0 aromatic rings. The van der Waals surface area contributed by atoms with Crippen molar-refractivity contribution >= 4 is 17.6 Å². The Kier molecular flexibility index (Phi) is 2.88. The summed E-state index contributed by atoms with van der Waals surface area (Å²) >= 11 is 6.16. The fraction of sp³-hybridized carbons (Fsp3) is 0.909. The lowest BCUT2D eigenvalue weighted by Gasteiger charge is -2.15. The summed E-state index contributed by atoms with van der Waals surface area (Å²) in [5, 5.41) is 0. The van der Waals surface area contributed by atoms with E-state index in [2.05, 4.69) is 13.8 Å². The Morgan fingerprint density at radius 1 is 1.50 bits per heavy atom. The lowest BCUT2D eigenvalue weighted by molar-refractivity contribution is -0.143. The molecule has 0 heterocycles. The highest BCUT2D eigenvalue weighted by Gasteiger charge is 2.62. The fourth-order valence-corrected chi connectivity index (χ4v) is 2.41. The van der Waals surface area contributed by atoms with Crippen molar-refractivity contribution in [3.63, 3.8) is 0 Å². The Balaban J connectivity index is 2.62. The number of carbonyl (C=O) groups is 1. The van der Waals surface area contributed by atoms with E-state index in [-0.39, 0.29) is 22.2 Å². The maximum atomic E-state index is 11.4. The molecule has 0 aliphatic heterocycles. The molecule has 0 saturated heterocycles. The highest BCUT2D eigenvalue weighted by molar-refractivity contribution is 6.23. The summed E-state index contributed by atoms with van der Waals surface area (Å²) in [6.45, 7) is 8.17. The molecule has 1 saturated carbocycles. The summed E-state index contributed by atoms with van der Waals surface area (Å²) in [5.74, 6) is 0.300. The van der Waals surface area contributed by atoms with Crippen LogP contribution in [0.5, 0.6) is 0 Å². The van der Waals surface area contributed by atoms with Crippen molar-refractivity contribution in [2.75, 3.05) is 7.11 Å². The average Bonchev–Trinajstić information content (AvgIpc) is 2.49. The minimum absolute atomic E-state index is 0.0329. The maximum Gasteiger partial charge on any atom is 0.309 e. The first kappa shape index (κ1) is 11.8. The van der Waals surface area contributed by atoms with Gasteiger partial charge in [0.15, 0.2) is 0 Å². The largest absolute Gasteiger partial charge is 0.469 e. The first-order chi connectivity index (χ1) is 6.20. The van der Waals surface area contributed by atoms with E-state index in [1.807, 2.05) is 13.8 Å². The second-order valence-corrected chi connectivity index (χ2v) is 6.37. The van der Waals surface area contributed by atoms with Gasteiger partial charge in [-0.3, -0.25) is 4.79 Å². The third kappa shape index (κ3) is 2.22. The average molecular weight is 219 g/mol. The minimum atomic E-state index is -0.231. The smallest absolute Gasteiger partial charge is 0.309 e. The van der Waals surface area contributed by atoms with Crippen LogP contribution in [0.1, 0.15) is 34.1 Å². The van der Waals surface area contributed by atoms with Crippen molar-refractivity contribution in [3.8, 4) is 0 Å². The van der Waals surface area contributed by atoms with Crippen LogP contribution >= 0.6 is 11.6 Å². The molecule has 0 radical (unpaired) electrons. The van der Waals surface area contributed by atoms with Crippen LogP contribution in [0.2, 0.25) is 0 Å². The van der Waals surface area contributed by atoms with Gasteiger partial charge in [0.05, 0.1) is 13.0 Å². The number of methoxy groups -OCH3 is 1. The Bertz CT molecular complexity index is 240. The molecule has 2 unspecified atom stereocenters. The van der Waals surface area contributed by atoms with Crippen LogP contribution in [-0.2, 0) is 9.53 Å². The van der Waals surface area contributed by atoms with Crippen molar-refractivity contribution in [2.45, 2.75) is 39.0 Å². The Labute approximate surface area is 91.0 Å². The molecule has 0 N–H and O–H groups in total. The zero-order valence-corrected chi connectivity index (χ0v) is 10.3. The van der Waals surface area contributed by atoms with Gasteiger partial charge in [0.1, 0.15) is 0 Å². The first-order valence-electron chi connectivity index (χ1n) is 4.97. The molecular weight excluding hydrogens is 200 g/mol. The van der Waals surface area contributed by atoms with Gasteiger partial charge in [-0.05, 0) is 31.6 Å². The van der Waals surface area contributed by atoms with E-state index < -0.39 is 0 Å². The molecular formula is C11H19ClO2. The van der Waals surface area contributed by atoms with E-state index in [0.717, 1.165) is 6.42 Å². The maximum absolute atomic E-state index is 11.4. The minimum Gasteiger partial charge on any atom is -0.469 e. The van der Waals surface area contributed by atoms with Gasteiger partial charge in [0, 0.05) is 4.87 Å². The van der Waals surface area contributed by atoms with E-state index in [0.29, 0.717) is 5.92 Å². The van der Waals surface area contributed by atoms with Gasteiger partial charge in [0.2, 0.25) is 0 Å². The molecule has 1 rings (SSSR count). The number of esters is 1. The van der Waals surface area contributed by atoms with Crippen LogP contribution in [0, 0.1) is 17.3 Å².